The van der Waals surface area contributed by atoms with Crippen LogP contribution in [0.3, 0.4) is 0 Å². The van der Waals surface area contributed by atoms with Crippen molar-refractivity contribution >= 4 is 14.5 Å². The molecule has 0 atom stereocenters. The maximum Gasteiger partial charge on any atom is 1.00 e. The van der Waals surface area contributed by atoms with Crippen LogP contribution in [0.4, 0.5) is 39.0 Å². The first-order valence-corrected chi connectivity index (χ1v) is 5.49. The van der Waals surface area contributed by atoms with Crippen molar-refractivity contribution in [2.24, 2.45) is 0 Å². The van der Waals surface area contributed by atoms with Crippen molar-refractivity contribution in [3.05, 3.63) is 5.21 Å². The fourth-order valence-electron chi connectivity index (χ4n) is 1.76. The van der Waals surface area contributed by atoms with Gasteiger partial charge < -0.3 is 44.4 Å². The van der Waals surface area contributed by atoms with Gasteiger partial charge in [-0.1, -0.05) is 0 Å². The first kappa shape index (κ1) is 19.4. The molecule has 20 heavy (non-hydrogen) atoms. The lowest BCUT2D eigenvalue weighted by Crippen LogP contribution is -2.69. The van der Waals surface area contributed by atoms with E-state index in [1.54, 1.807) is 0 Å². The third kappa shape index (κ3) is 11.2. The molecule has 3 heterocycles. The molecule has 2 bridgehead atoms. The highest BCUT2D eigenvalue weighted by Gasteiger charge is 2.46. The first-order chi connectivity index (χ1) is 8.62. The molecule has 0 aromatic carbocycles. The van der Waals surface area contributed by atoms with E-state index in [2.05, 4.69) is 0 Å². The fourth-order valence-corrected chi connectivity index (χ4v) is 1.76. The normalized spacial score (nSPS) is 32.7. The van der Waals surface area contributed by atoms with Gasteiger partial charge in [-0.3, -0.25) is 0 Å². The number of quaternary nitrogens is 2. The molecule has 3 aliphatic rings. The van der Waals surface area contributed by atoms with Crippen LogP contribution in [0.1, 0.15) is 1.43 Å². The third-order valence-electron chi connectivity index (χ3n) is 2.72. The molecule has 3 fully saturated rings. The second-order valence-electron chi connectivity index (χ2n) is 4.42. The molecule has 3 rings (SSSR count). The van der Waals surface area contributed by atoms with Gasteiger partial charge in [-0.2, -0.15) is 0 Å². The summed E-state index contributed by atoms with van der Waals surface area (Å²) < 4.78 is 90.8. The number of halogens is 9. The third-order valence-corrected chi connectivity index (χ3v) is 2.72. The number of rotatable bonds is 0. The molecule has 0 spiro atoms. The Morgan fingerprint density at radius 2 is 0.850 bits per heavy atom. The molecule has 0 radical (unpaired) electrons. The van der Waals surface area contributed by atoms with E-state index >= 15 is 0 Å². The Bertz CT molecular complexity index is 249. The SMILES string of the molecule is F[B-](F)(F)F.F[B-](F)(F)F.[H+].[O-][N+]12CC[N+](F)(CC1)CC2. The van der Waals surface area contributed by atoms with Crippen LogP contribution in [0.5, 0.6) is 0 Å². The highest BCUT2D eigenvalue weighted by Crippen LogP contribution is 2.25. The van der Waals surface area contributed by atoms with Crippen molar-refractivity contribution in [2.45, 2.75) is 0 Å². The van der Waals surface area contributed by atoms with Crippen LogP contribution in [0, 0.1) is 5.21 Å². The van der Waals surface area contributed by atoms with Gasteiger partial charge in [0.1, 0.15) is 19.6 Å². The zero-order chi connectivity index (χ0) is 16.2. The Morgan fingerprint density at radius 1 is 0.650 bits per heavy atom. The fraction of sp³-hybridized carbons (Fsp3) is 1.00. The summed E-state index contributed by atoms with van der Waals surface area (Å²) in [7, 11) is -12.0. The molecule has 0 saturated carbocycles. The molecule has 0 aromatic rings. The predicted molar refractivity (Wildman–Crippen MR) is 55.7 cm³/mol. The van der Waals surface area contributed by atoms with Gasteiger partial charge in [0.25, 0.3) is 0 Å². The number of hydrogen-bond donors (Lipinski definition) is 0. The summed E-state index contributed by atoms with van der Waals surface area (Å²) in [6.45, 7) is 2.75. The van der Waals surface area contributed by atoms with Crippen LogP contribution < -0.4 is 0 Å². The lowest BCUT2D eigenvalue weighted by molar-refractivity contribution is -1.14. The molecule has 122 valence electrons. The number of piperazine rings is 3. The minimum Gasteiger partial charge on any atom is -0.632 e. The van der Waals surface area contributed by atoms with Crippen LogP contribution in [0.2, 0.25) is 0 Å². The summed E-state index contributed by atoms with van der Waals surface area (Å²) in [4.78, 5) is 0. The van der Waals surface area contributed by atoms with Crippen LogP contribution in [-0.2, 0) is 0 Å². The Balaban J connectivity index is 0. The summed E-state index contributed by atoms with van der Waals surface area (Å²) >= 11 is 0. The smallest absolute Gasteiger partial charge is 0.632 e. The van der Waals surface area contributed by atoms with Crippen molar-refractivity contribution in [3.8, 4) is 0 Å². The molecule has 0 aliphatic carbocycles. The van der Waals surface area contributed by atoms with E-state index in [9.17, 15) is 44.2 Å². The van der Waals surface area contributed by atoms with E-state index in [0.717, 1.165) is 0 Å². The van der Waals surface area contributed by atoms with Crippen LogP contribution in [0.25, 0.3) is 0 Å². The summed E-state index contributed by atoms with van der Waals surface area (Å²) in [5.41, 5.74) is 0. The lowest BCUT2D eigenvalue weighted by atomic mass is 10.2. The van der Waals surface area contributed by atoms with Gasteiger partial charge in [0.15, 0.2) is 19.6 Å². The van der Waals surface area contributed by atoms with Gasteiger partial charge in [-0.25, -0.2) is 0 Å². The monoisotopic (exact) mass is 322 g/mol. The van der Waals surface area contributed by atoms with Crippen molar-refractivity contribution in [1.82, 2.24) is 0 Å². The van der Waals surface area contributed by atoms with E-state index in [1.165, 1.54) is 0 Å². The van der Waals surface area contributed by atoms with Gasteiger partial charge >= 0.3 is 15.9 Å². The first-order valence-electron chi connectivity index (χ1n) is 5.49. The lowest BCUT2D eigenvalue weighted by Gasteiger charge is -2.52. The van der Waals surface area contributed by atoms with E-state index in [4.69, 9.17) is 0 Å². The van der Waals surface area contributed by atoms with Gasteiger partial charge in [0.2, 0.25) is 0 Å². The van der Waals surface area contributed by atoms with Crippen molar-refractivity contribution in [2.75, 3.05) is 39.3 Å². The standard InChI is InChI=1S/C6H12FN2O.2BF4/c7-8-1-4-9(10,5-2-8)6-3-8;2*2-1(3,4)5/h1-6H2;;/q+1;2*-1/p+1. The number of hydroxylamine groups is 3. The van der Waals surface area contributed by atoms with Crippen LogP contribution in [0.15, 0.2) is 0 Å². The second kappa shape index (κ2) is 6.43. The number of fused-ring (bicyclic) bond motifs is 3. The Morgan fingerprint density at radius 3 is 1.00 bits per heavy atom. The van der Waals surface area contributed by atoms with Gasteiger partial charge in [0, 0.05) is 0 Å². The molecule has 3 saturated heterocycles. The van der Waals surface area contributed by atoms with E-state index in [1.807, 2.05) is 0 Å². The highest BCUT2D eigenvalue weighted by molar-refractivity contribution is 6.50. The van der Waals surface area contributed by atoms with Gasteiger partial charge in [-0.15, -0.1) is 4.71 Å². The van der Waals surface area contributed by atoms with E-state index < -0.39 is 14.5 Å². The van der Waals surface area contributed by atoms with Crippen molar-refractivity contribution < 1.29 is 49.8 Å². The topological polar surface area (TPSA) is 23.1 Å². The van der Waals surface area contributed by atoms with E-state index in [-0.39, 0.29) is 10.8 Å². The molecule has 14 heteroatoms. The molecular weight excluding hydrogens is 309 g/mol. The average molecular weight is 322 g/mol. The number of nitrogens with zero attached hydrogens (tertiary/aromatic N) is 2. The molecule has 0 unspecified atom stereocenters. The summed E-state index contributed by atoms with van der Waals surface area (Å²) in [6, 6.07) is 0. The van der Waals surface area contributed by atoms with Crippen LogP contribution >= 0.6 is 0 Å². The van der Waals surface area contributed by atoms with Crippen molar-refractivity contribution in [3.63, 3.8) is 0 Å². The summed E-state index contributed by atoms with van der Waals surface area (Å²) in [5, 5.41) is 11.4. The maximum atomic E-state index is 13.3. The molecule has 0 N–H and O–H groups in total. The quantitative estimate of drug-likeness (QED) is 0.221. The van der Waals surface area contributed by atoms with E-state index in [0.29, 0.717) is 39.3 Å². The van der Waals surface area contributed by atoms with Gasteiger partial charge in [0.05, 0.1) is 0 Å². The maximum absolute atomic E-state index is 13.3. The minimum atomic E-state index is -6.00. The van der Waals surface area contributed by atoms with Gasteiger partial charge in [-0.05, 0) is 4.48 Å². The molecular formula is C6H13B2F9N2O. The predicted octanol–water partition coefficient (Wildman–Crippen LogP) is 2.74. The minimum absolute atomic E-state index is 0. The Labute approximate surface area is 110 Å². The Hall–Kier alpha value is -0.620. The number of hydrogen-bond acceptors (Lipinski definition) is 1. The highest BCUT2D eigenvalue weighted by atomic mass is 19.5. The summed E-state index contributed by atoms with van der Waals surface area (Å²) in [5.74, 6) is 0. The molecule has 3 nitrogen and oxygen atoms in total. The second-order valence-corrected chi connectivity index (χ2v) is 4.42. The molecule has 3 aliphatic heterocycles. The Kier molecular flexibility index (Phi) is 6.23. The van der Waals surface area contributed by atoms with Crippen LogP contribution in [-0.4, -0.2) is 63.1 Å². The average Bonchev–Trinajstić information content (AvgIpc) is 2.16. The zero-order valence-electron chi connectivity index (χ0n) is 11.1. The molecule has 0 aromatic heterocycles. The molecule has 0 amide bonds. The zero-order valence-corrected chi connectivity index (χ0v) is 10.1. The largest absolute Gasteiger partial charge is 1.00 e. The summed E-state index contributed by atoms with van der Waals surface area (Å²) in [6.07, 6.45) is 0. The van der Waals surface area contributed by atoms with Crippen molar-refractivity contribution in [1.29, 1.82) is 0 Å².